The third-order valence-electron chi connectivity index (χ3n) is 3.84. The number of hydrogen-bond acceptors (Lipinski definition) is 2. The highest BCUT2D eigenvalue weighted by Gasteiger charge is 2.11. The molecule has 24 heavy (non-hydrogen) atoms. The molecule has 2 aromatic carbocycles. The van der Waals surface area contributed by atoms with E-state index in [1.807, 2.05) is 42.5 Å². The predicted molar refractivity (Wildman–Crippen MR) is 103 cm³/mol. The second-order valence-electron chi connectivity index (χ2n) is 6.42. The number of hydrogen-bond donors (Lipinski definition) is 1. The van der Waals surface area contributed by atoms with Gasteiger partial charge in [0, 0.05) is 5.69 Å². The summed E-state index contributed by atoms with van der Waals surface area (Å²) in [5.41, 5.74) is 3.19. The van der Waals surface area contributed by atoms with E-state index in [9.17, 15) is 4.79 Å². The van der Waals surface area contributed by atoms with Gasteiger partial charge in [0.15, 0.2) is 6.61 Å². The van der Waals surface area contributed by atoms with Gasteiger partial charge < -0.3 is 10.1 Å². The highest BCUT2D eigenvalue weighted by Crippen LogP contribution is 2.29. The summed E-state index contributed by atoms with van der Waals surface area (Å²) in [5.74, 6) is 1.31. The highest BCUT2D eigenvalue weighted by atomic mass is 79.9. The van der Waals surface area contributed by atoms with Crippen LogP contribution in [0, 0.1) is 0 Å². The Labute approximate surface area is 152 Å². The van der Waals surface area contributed by atoms with Crippen LogP contribution in [0.5, 0.6) is 5.75 Å². The Morgan fingerprint density at radius 2 is 1.79 bits per heavy atom. The lowest BCUT2D eigenvalue weighted by Gasteiger charge is -2.14. The molecule has 0 aliphatic carbocycles. The second-order valence-corrected chi connectivity index (χ2v) is 7.28. The zero-order valence-corrected chi connectivity index (χ0v) is 16.2. The number of benzene rings is 2. The third kappa shape index (κ3) is 4.84. The van der Waals surface area contributed by atoms with E-state index in [0.29, 0.717) is 17.6 Å². The topological polar surface area (TPSA) is 38.3 Å². The summed E-state index contributed by atoms with van der Waals surface area (Å²) < 4.78 is 6.51. The van der Waals surface area contributed by atoms with Crippen molar-refractivity contribution in [2.24, 2.45) is 0 Å². The molecule has 2 aromatic rings. The van der Waals surface area contributed by atoms with Gasteiger partial charge in [-0.3, -0.25) is 4.79 Å². The molecule has 3 nitrogen and oxygen atoms in total. The first-order chi connectivity index (χ1) is 11.4. The van der Waals surface area contributed by atoms with Crippen molar-refractivity contribution < 1.29 is 9.53 Å². The smallest absolute Gasteiger partial charge is 0.262 e. The number of rotatable bonds is 6. The normalized spacial score (nSPS) is 11.0. The van der Waals surface area contributed by atoms with Crippen molar-refractivity contribution in [2.75, 3.05) is 11.9 Å². The summed E-state index contributed by atoms with van der Waals surface area (Å²) in [4.78, 5) is 12.2. The average Bonchev–Trinajstić information content (AvgIpc) is 2.53. The molecule has 2 rings (SSSR count). The average molecular weight is 390 g/mol. The van der Waals surface area contributed by atoms with Crippen LogP contribution in [0.2, 0.25) is 0 Å². The van der Waals surface area contributed by atoms with Crippen molar-refractivity contribution in [3.05, 3.63) is 58.1 Å². The third-order valence-corrected chi connectivity index (χ3v) is 4.46. The number of anilines is 1. The van der Waals surface area contributed by atoms with E-state index in [2.05, 4.69) is 48.9 Å². The molecule has 1 amide bonds. The van der Waals surface area contributed by atoms with Crippen LogP contribution < -0.4 is 10.1 Å². The lowest BCUT2D eigenvalue weighted by molar-refractivity contribution is -0.118. The van der Waals surface area contributed by atoms with E-state index in [4.69, 9.17) is 4.74 Å². The maximum absolute atomic E-state index is 12.2. The molecule has 0 fully saturated rings. The first-order valence-electron chi connectivity index (χ1n) is 8.19. The van der Waals surface area contributed by atoms with Crippen molar-refractivity contribution in [2.45, 2.75) is 39.5 Å². The van der Waals surface area contributed by atoms with Crippen LogP contribution in [0.4, 0.5) is 5.69 Å². The molecule has 0 aliphatic heterocycles. The van der Waals surface area contributed by atoms with Crippen LogP contribution >= 0.6 is 15.9 Å². The van der Waals surface area contributed by atoms with Gasteiger partial charge in [0.1, 0.15) is 5.75 Å². The summed E-state index contributed by atoms with van der Waals surface area (Å²) in [6.07, 6.45) is 0. The van der Waals surface area contributed by atoms with Gasteiger partial charge >= 0.3 is 0 Å². The van der Waals surface area contributed by atoms with E-state index < -0.39 is 0 Å². The van der Waals surface area contributed by atoms with Crippen LogP contribution in [0.1, 0.15) is 50.7 Å². The van der Waals surface area contributed by atoms with Crippen molar-refractivity contribution in [3.8, 4) is 5.75 Å². The zero-order chi connectivity index (χ0) is 17.7. The largest absolute Gasteiger partial charge is 0.483 e. The number of para-hydroxylation sites is 1. The van der Waals surface area contributed by atoms with E-state index in [-0.39, 0.29) is 12.5 Å². The number of amides is 1. The summed E-state index contributed by atoms with van der Waals surface area (Å²) in [7, 11) is 0. The minimum absolute atomic E-state index is 0.0218. The molecular weight excluding hydrogens is 366 g/mol. The van der Waals surface area contributed by atoms with Gasteiger partial charge in [-0.25, -0.2) is 0 Å². The van der Waals surface area contributed by atoms with E-state index >= 15 is 0 Å². The monoisotopic (exact) mass is 389 g/mol. The molecule has 0 heterocycles. The van der Waals surface area contributed by atoms with Crippen LogP contribution in [-0.4, -0.2) is 12.5 Å². The zero-order valence-electron chi connectivity index (χ0n) is 14.6. The van der Waals surface area contributed by atoms with Crippen molar-refractivity contribution in [1.82, 2.24) is 0 Å². The minimum atomic E-state index is -0.164. The molecule has 128 valence electrons. The molecule has 0 radical (unpaired) electrons. The molecule has 0 atom stereocenters. The maximum Gasteiger partial charge on any atom is 0.262 e. The Hall–Kier alpha value is -1.81. The Bertz CT molecular complexity index is 711. The van der Waals surface area contributed by atoms with E-state index in [1.54, 1.807) is 0 Å². The van der Waals surface area contributed by atoms with Gasteiger partial charge in [0.05, 0.1) is 4.47 Å². The molecule has 0 aromatic heterocycles. The Kier molecular flexibility index (Phi) is 6.44. The van der Waals surface area contributed by atoms with Gasteiger partial charge in [-0.2, -0.15) is 0 Å². The minimum Gasteiger partial charge on any atom is -0.483 e. The summed E-state index contributed by atoms with van der Waals surface area (Å²) >= 11 is 3.51. The highest BCUT2D eigenvalue weighted by molar-refractivity contribution is 9.10. The first-order valence-corrected chi connectivity index (χ1v) is 8.98. The number of halogens is 1. The van der Waals surface area contributed by atoms with Crippen LogP contribution in [0.15, 0.2) is 46.9 Å². The number of nitrogens with one attached hydrogen (secondary N) is 1. The van der Waals surface area contributed by atoms with E-state index in [0.717, 1.165) is 15.7 Å². The molecule has 0 aliphatic rings. The van der Waals surface area contributed by atoms with Gasteiger partial charge in [0.2, 0.25) is 0 Å². The van der Waals surface area contributed by atoms with E-state index in [1.165, 1.54) is 5.56 Å². The van der Waals surface area contributed by atoms with Crippen molar-refractivity contribution >= 4 is 27.5 Å². The molecule has 0 unspecified atom stereocenters. The number of carbonyl (C=O) groups excluding carboxylic acids is 1. The lowest BCUT2D eigenvalue weighted by Crippen LogP contribution is -2.21. The summed E-state index contributed by atoms with van der Waals surface area (Å²) in [6.45, 7) is 8.47. The summed E-state index contributed by atoms with van der Waals surface area (Å²) in [5, 5.41) is 2.93. The standard InChI is InChI=1S/C20H24BrNO2/c1-13(2)15-9-10-19(17(21)11-15)24-12-20(23)22-18-8-6-5-7-16(18)14(3)4/h5-11,13-14H,12H2,1-4H3,(H,22,23). The summed E-state index contributed by atoms with van der Waals surface area (Å²) in [6, 6.07) is 13.8. The molecule has 0 saturated carbocycles. The number of carbonyl (C=O) groups is 1. The fourth-order valence-corrected chi connectivity index (χ4v) is 2.95. The van der Waals surface area contributed by atoms with Crippen molar-refractivity contribution in [3.63, 3.8) is 0 Å². The molecule has 1 N–H and O–H groups in total. The fourth-order valence-electron chi connectivity index (χ4n) is 2.44. The van der Waals surface area contributed by atoms with Crippen LogP contribution in [-0.2, 0) is 4.79 Å². The second kappa shape index (κ2) is 8.34. The Morgan fingerprint density at radius 3 is 2.42 bits per heavy atom. The number of ether oxygens (including phenoxy) is 1. The molecule has 0 spiro atoms. The van der Waals surface area contributed by atoms with Crippen molar-refractivity contribution in [1.29, 1.82) is 0 Å². The fraction of sp³-hybridized carbons (Fsp3) is 0.350. The molecule has 0 bridgehead atoms. The molecular formula is C20H24BrNO2. The van der Waals surface area contributed by atoms with Gasteiger partial charge in [0.25, 0.3) is 5.91 Å². The molecule has 0 saturated heterocycles. The SMILES string of the molecule is CC(C)c1ccc(OCC(=O)Nc2ccccc2C(C)C)c(Br)c1. The van der Waals surface area contributed by atoms with Gasteiger partial charge in [-0.15, -0.1) is 0 Å². The van der Waals surface area contributed by atoms with Crippen LogP contribution in [0.3, 0.4) is 0 Å². The van der Waals surface area contributed by atoms with Crippen LogP contribution in [0.25, 0.3) is 0 Å². The first kappa shape index (κ1) is 18.5. The van der Waals surface area contributed by atoms with Gasteiger partial charge in [-0.1, -0.05) is 52.0 Å². The maximum atomic E-state index is 12.2. The quantitative estimate of drug-likeness (QED) is 0.686. The predicted octanol–water partition coefficient (Wildman–Crippen LogP) is 5.71. The Balaban J connectivity index is 1.99. The lowest BCUT2D eigenvalue weighted by atomic mass is 10.0. The Morgan fingerprint density at radius 1 is 1.08 bits per heavy atom. The molecule has 4 heteroatoms. The van der Waals surface area contributed by atoms with Gasteiger partial charge in [-0.05, 0) is 57.1 Å².